The molecule has 3 fully saturated rings. The third kappa shape index (κ3) is 2.81. The zero-order valence-electron chi connectivity index (χ0n) is 18.6. The first-order valence-corrected chi connectivity index (χ1v) is 11.6. The number of benzene rings is 2. The smallest absolute Gasteiger partial charge is 0.410 e. The number of amides is 1. The number of hydrogen-bond donors (Lipinski definition) is 0. The molecule has 3 heteroatoms. The molecule has 0 aliphatic heterocycles. The molecule has 3 aliphatic rings. The van der Waals surface area contributed by atoms with Crippen LogP contribution in [-0.2, 0) is 0 Å². The van der Waals surface area contributed by atoms with E-state index >= 15 is 0 Å². The molecule has 2 aromatic rings. The van der Waals surface area contributed by atoms with Gasteiger partial charge in [-0.05, 0) is 79.0 Å². The van der Waals surface area contributed by atoms with Crippen molar-refractivity contribution >= 4 is 6.09 Å². The van der Waals surface area contributed by atoms with Crippen LogP contribution < -0.4 is 4.74 Å². The summed E-state index contributed by atoms with van der Waals surface area (Å²) in [5, 5.41) is 0. The molecule has 158 valence electrons. The van der Waals surface area contributed by atoms with Crippen molar-refractivity contribution in [3.05, 3.63) is 65.2 Å². The largest absolute Gasteiger partial charge is 0.415 e. The minimum absolute atomic E-state index is 0.189. The van der Waals surface area contributed by atoms with Crippen molar-refractivity contribution in [2.75, 3.05) is 6.54 Å². The van der Waals surface area contributed by atoms with E-state index in [0.29, 0.717) is 35.5 Å². The van der Waals surface area contributed by atoms with E-state index in [2.05, 4.69) is 63.2 Å². The van der Waals surface area contributed by atoms with Gasteiger partial charge in [-0.15, -0.1) is 0 Å². The van der Waals surface area contributed by atoms with E-state index in [-0.39, 0.29) is 12.1 Å². The number of ether oxygens (including phenoxy) is 1. The van der Waals surface area contributed by atoms with Crippen LogP contribution in [0.3, 0.4) is 0 Å². The molecule has 3 nitrogen and oxygen atoms in total. The first-order chi connectivity index (χ1) is 14.5. The fourth-order valence-corrected chi connectivity index (χ4v) is 6.64. The lowest BCUT2D eigenvalue weighted by molar-refractivity contribution is -0.0204. The van der Waals surface area contributed by atoms with E-state index in [1.807, 2.05) is 17.9 Å². The Morgan fingerprint density at radius 2 is 1.93 bits per heavy atom. The molecule has 0 radical (unpaired) electrons. The van der Waals surface area contributed by atoms with Gasteiger partial charge in [-0.2, -0.15) is 0 Å². The number of carbonyl (C=O) groups excluding carboxylic acids is 1. The summed E-state index contributed by atoms with van der Waals surface area (Å²) in [6.07, 6.45) is 3.73. The summed E-state index contributed by atoms with van der Waals surface area (Å²) in [5.41, 5.74) is 4.06. The second-order valence-electron chi connectivity index (χ2n) is 9.91. The van der Waals surface area contributed by atoms with Crippen molar-refractivity contribution in [3.63, 3.8) is 0 Å². The van der Waals surface area contributed by atoms with E-state index in [4.69, 9.17) is 4.74 Å². The van der Waals surface area contributed by atoms with Crippen LogP contribution in [0.15, 0.2) is 48.5 Å². The zero-order chi connectivity index (χ0) is 21.0. The van der Waals surface area contributed by atoms with E-state index in [9.17, 15) is 4.79 Å². The summed E-state index contributed by atoms with van der Waals surface area (Å²) in [7, 11) is 0. The summed E-state index contributed by atoms with van der Waals surface area (Å²) >= 11 is 0. The van der Waals surface area contributed by atoms with E-state index in [1.165, 1.54) is 30.4 Å². The average molecular weight is 404 g/mol. The Morgan fingerprint density at radius 1 is 1.17 bits per heavy atom. The highest BCUT2D eigenvalue weighted by Gasteiger charge is 2.77. The predicted molar refractivity (Wildman–Crippen MR) is 120 cm³/mol. The van der Waals surface area contributed by atoms with E-state index in [0.717, 1.165) is 11.5 Å². The monoisotopic (exact) mass is 403 g/mol. The molecular formula is C27H33NO2. The molecular weight excluding hydrogens is 370 g/mol. The summed E-state index contributed by atoms with van der Waals surface area (Å²) in [6, 6.07) is 17.4. The topological polar surface area (TPSA) is 29.5 Å². The summed E-state index contributed by atoms with van der Waals surface area (Å²) in [4.78, 5) is 15.4. The van der Waals surface area contributed by atoms with Crippen molar-refractivity contribution in [3.8, 4) is 5.75 Å². The third-order valence-electron chi connectivity index (χ3n) is 8.22. The fraction of sp³-hybridized carbons (Fsp3) is 0.519. The van der Waals surface area contributed by atoms with Crippen LogP contribution in [-0.4, -0.2) is 23.6 Å². The van der Waals surface area contributed by atoms with Crippen LogP contribution in [0.1, 0.15) is 68.6 Å². The lowest BCUT2D eigenvalue weighted by Gasteiger charge is -2.56. The maximum atomic E-state index is 13.4. The Balaban J connectivity index is 1.42. The number of likely N-dealkylation sites (N-methyl/N-ethyl adjacent to an activating group) is 1. The number of aryl methyl sites for hydroxylation is 1. The molecule has 30 heavy (non-hydrogen) atoms. The molecule has 3 aliphatic carbocycles. The first-order valence-electron chi connectivity index (χ1n) is 11.6. The van der Waals surface area contributed by atoms with Crippen molar-refractivity contribution in [1.29, 1.82) is 0 Å². The van der Waals surface area contributed by atoms with Crippen molar-refractivity contribution in [2.45, 2.75) is 64.8 Å². The van der Waals surface area contributed by atoms with Gasteiger partial charge in [0, 0.05) is 18.5 Å². The van der Waals surface area contributed by atoms with Crippen LogP contribution in [0.2, 0.25) is 0 Å². The van der Waals surface area contributed by atoms with E-state index < -0.39 is 0 Å². The Morgan fingerprint density at radius 3 is 2.60 bits per heavy atom. The van der Waals surface area contributed by atoms with Gasteiger partial charge in [-0.1, -0.05) is 56.3 Å². The van der Waals surface area contributed by atoms with Crippen molar-refractivity contribution in [2.24, 2.45) is 17.3 Å². The van der Waals surface area contributed by atoms with Gasteiger partial charge < -0.3 is 9.64 Å². The average Bonchev–Trinajstić information content (AvgIpc) is 3.40. The van der Waals surface area contributed by atoms with Gasteiger partial charge in [0.1, 0.15) is 5.75 Å². The zero-order valence-corrected chi connectivity index (χ0v) is 18.6. The molecule has 0 bridgehead atoms. The molecule has 1 amide bonds. The fourth-order valence-electron chi connectivity index (χ4n) is 6.64. The second kappa shape index (κ2) is 7.14. The van der Waals surface area contributed by atoms with Gasteiger partial charge in [-0.3, -0.25) is 0 Å². The Kier molecular flexibility index (Phi) is 4.68. The van der Waals surface area contributed by atoms with Gasteiger partial charge >= 0.3 is 6.09 Å². The predicted octanol–water partition coefficient (Wildman–Crippen LogP) is 6.52. The molecule has 0 aromatic heterocycles. The van der Waals surface area contributed by atoms with Gasteiger partial charge in [0.25, 0.3) is 0 Å². The summed E-state index contributed by atoms with van der Waals surface area (Å²) in [6.45, 7) is 9.12. The molecule has 5 atom stereocenters. The minimum Gasteiger partial charge on any atom is -0.410 e. The van der Waals surface area contributed by atoms with Gasteiger partial charge in [0.15, 0.2) is 0 Å². The Labute approximate surface area is 180 Å². The summed E-state index contributed by atoms with van der Waals surface area (Å²) in [5.74, 6) is 3.05. The van der Waals surface area contributed by atoms with Crippen LogP contribution in [0, 0.1) is 24.2 Å². The van der Waals surface area contributed by atoms with E-state index in [1.54, 1.807) is 0 Å². The van der Waals surface area contributed by atoms with Gasteiger partial charge in [0.2, 0.25) is 0 Å². The third-order valence-corrected chi connectivity index (χ3v) is 8.22. The highest BCUT2D eigenvalue weighted by molar-refractivity contribution is 5.72. The Bertz CT molecular complexity index is 953. The number of hydrogen-bond acceptors (Lipinski definition) is 2. The molecule has 0 saturated heterocycles. The maximum Gasteiger partial charge on any atom is 0.415 e. The first kappa shape index (κ1) is 19.7. The van der Waals surface area contributed by atoms with Crippen LogP contribution in [0.4, 0.5) is 4.79 Å². The van der Waals surface area contributed by atoms with Crippen LogP contribution in [0.5, 0.6) is 5.75 Å². The highest BCUT2D eigenvalue weighted by Crippen LogP contribution is 2.81. The normalized spacial score (nSPS) is 31.0. The quantitative estimate of drug-likeness (QED) is 0.569. The molecule has 1 spiro atoms. The number of nitrogens with zero attached hydrogens (tertiary/aromatic N) is 1. The molecule has 0 N–H and O–H groups in total. The lowest BCUT2D eigenvalue weighted by atomic mass is 9.55. The second-order valence-corrected chi connectivity index (χ2v) is 9.91. The van der Waals surface area contributed by atoms with Crippen molar-refractivity contribution < 1.29 is 9.53 Å². The molecule has 3 saturated carbocycles. The SMILES string of the molecule is CCN(C(=O)Oc1cc(C(C)C)ccc1C)C1C2CCC3CC32C1c1ccccc1. The summed E-state index contributed by atoms with van der Waals surface area (Å²) < 4.78 is 6.01. The van der Waals surface area contributed by atoms with Crippen LogP contribution >= 0.6 is 0 Å². The standard InChI is InChI=1S/C27H33NO2/c1-5-28(26(29)30-23-15-20(17(2)3)12-11-18(23)4)25-22-14-13-21-16-27(21,22)24(25)19-9-7-6-8-10-19/h6-12,15,17,21-22,24-25H,5,13-14,16H2,1-4H3. The number of carbonyl (C=O) groups is 1. The van der Waals surface area contributed by atoms with Crippen molar-refractivity contribution in [1.82, 2.24) is 4.90 Å². The minimum atomic E-state index is -0.189. The molecule has 0 heterocycles. The Hall–Kier alpha value is -2.29. The molecule has 2 aromatic carbocycles. The maximum absolute atomic E-state index is 13.4. The highest BCUT2D eigenvalue weighted by atomic mass is 16.6. The van der Waals surface area contributed by atoms with Crippen LogP contribution in [0.25, 0.3) is 0 Å². The number of rotatable bonds is 5. The lowest BCUT2D eigenvalue weighted by Crippen LogP contribution is -2.61. The molecule has 5 rings (SSSR count). The van der Waals surface area contributed by atoms with Gasteiger partial charge in [-0.25, -0.2) is 4.79 Å². The molecule has 5 unspecified atom stereocenters. The van der Waals surface area contributed by atoms with Gasteiger partial charge in [0.05, 0.1) is 0 Å².